The van der Waals surface area contributed by atoms with Crippen LogP contribution in [-0.2, 0) is 9.73 Å². The van der Waals surface area contributed by atoms with E-state index >= 15 is 0 Å². The van der Waals surface area contributed by atoms with Gasteiger partial charge >= 0.3 is 0 Å². The van der Waals surface area contributed by atoms with Crippen LogP contribution >= 0.6 is 0 Å². The van der Waals surface area contributed by atoms with E-state index in [2.05, 4.69) is 36.2 Å². The number of hydrogen-bond donors (Lipinski definition) is 0. The second-order valence-electron chi connectivity index (χ2n) is 7.92. The molecular formula is C19H23F2N7OS. The van der Waals surface area contributed by atoms with Gasteiger partial charge in [-0.2, -0.15) is 5.10 Å². The van der Waals surface area contributed by atoms with Crippen molar-refractivity contribution in [3.8, 4) is 11.4 Å². The Labute approximate surface area is 173 Å². The van der Waals surface area contributed by atoms with Crippen molar-refractivity contribution in [3.05, 3.63) is 36.4 Å². The Morgan fingerprint density at radius 1 is 1.20 bits per heavy atom. The molecule has 0 spiro atoms. The number of nitrogens with zero attached hydrogens (tertiary/aromatic N) is 7. The molecule has 0 saturated carbocycles. The Balaban J connectivity index is 1.69. The summed E-state index contributed by atoms with van der Waals surface area (Å²) < 4.78 is 44.1. The molecule has 0 aliphatic carbocycles. The molecule has 4 heterocycles. The third-order valence-electron chi connectivity index (χ3n) is 4.89. The molecule has 3 aromatic heterocycles. The van der Waals surface area contributed by atoms with Gasteiger partial charge in [0.05, 0.1) is 17.9 Å². The van der Waals surface area contributed by atoms with Gasteiger partial charge in [-0.1, -0.05) is 6.92 Å². The van der Waals surface area contributed by atoms with Gasteiger partial charge in [0.1, 0.15) is 23.5 Å². The highest BCUT2D eigenvalue weighted by molar-refractivity contribution is 7.92. The second-order valence-corrected chi connectivity index (χ2v) is 10.5. The highest BCUT2D eigenvalue weighted by Gasteiger charge is 2.26. The summed E-state index contributed by atoms with van der Waals surface area (Å²) >= 11 is 0. The van der Waals surface area contributed by atoms with Crippen LogP contribution in [0.4, 0.5) is 14.6 Å². The fourth-order valence-corrected chi connectivity index (χ4v) is 4.65. The molecule has 8 nitrogen and oxygen atoms in total. The largest absolute Gasteiger partial charge is 0.354 e. The summed E-state index contributed by atoms with van der Waals surface area (Å²) in [5, 5.41) is 4.00. The van der Waals surface area contributed by atoms with Gasteiger partial charge in [-0.25, -0.2) is 32.6 Å². The van der Waals surface area contributed by atoms with Gasteiger partial charge in [0.2, 0.25) is 0 Å². The van der Waals surface area contributed by atoms with E-state index in [0.717, 1.165) is 13.0 Å². The van der Waals surface area contributed by atoms with Crippen LogP contribution in [0.15, 0.2) is 35.1 Å². The van der Waals surface area contributed by atoms with Crippen molar-refractivity contribution < 1.29 is 13.0 Å². The summed E-state index contributed by atoms with van der Waals surface area (Å²) in [6, 6.07) is 4.52. The molecule has 11 heteroatoms. The van der Waals surface area contributed by atoms with Crippen LogP contribution in [0.2, 0.25) is 0 Å². The zero-order valence-electron chi connectivity index (χ0n) is 16.9. The molecule has 1 aliphatic rings. The Bertz CT molecular complexity index is 1180. The normalized spacial score (nSPS) is 20.1. The number of alkyl halides is 2. The molecule has 0 amide bonds. The molecule has 0 aromatic carbocycles. The van der Waals surface area contributed by atoms with E-state index in [1.54, 1.807) is 24.8 Å². The van der Waals surface area contributed by atoms with E-state index in [1.165, 1.54) is 23.0 Å². The zero-order valence-corrected chi connectivity index (χ0v) is 17.8. The second kappa shape index (κ2) is 7.86. The van der Waals surface area contributed by atoms with Crippen LogP contribution in [0.25, 0.3) is 17.0 Å². The molecule has 1 saturated heterocycles. The fraction of sp³-hybridized carbons (Fsp3) is 0.474. The zero-order chi connectivity index (χ0) is 21.5. The van der Waals surface area contributed by atoms with E-state index in [-0.39, 0.29) is 11.7 Å². The number of imidazole rings is 1. The lowest BCUT2D eigenvalue weighted by molar-refractivity contribution is 0.144. The van der Waals surface area contributed by atoms with Gasteiger partial charge in [0.25, 0.3) is 6.43 Å². The minimum Gasteiger partial charge on any atom is -0.354 e. The summed E-state index contributed by atoms with van der Waals surface area (Å²) in [6.07, 6.45) is 4.49. The van der Waals surface area contributed by atoms with Gasteiger partial charge in [-0.05, 0) is 24.5 Å². The van der Waals surface area contributed by atoms with Crippen molar-refractivity contribution in [3.63, 3.8) is 0 Å². The van der Waals surface area contributed by atoms with Crippen molar-refractivity contribution in [2.75, 3.05) is 30.5 Å². The number of fused-ring (bicyclic) bond motifs is 1. The molecule has 160 valence electrons. The first-order valence-corrected chi connectivity index (χ1v) is 11.9. The Kier molecular flexibility index (Phi) is 5.39. The number of aromatic nitrogens is 5. The molecular weight excluding hydrogens is 412 g/mol. The molecule has 0 radical (unpaired) electrons. The summed E-state index contributed by atoms with van der Waals surface area (Å²) in [5.41, 5.74) is 1.18. The first kappa shape index (κ1) is 20.6. The molecule has 4 rings (SSSR count). The van der Waals surface area contributed by atoms with Crippen molar-refractivity contribution >= 4 is 21.2 Å². The number of piperidine rings is 1. The van der Waals surface area contributed by atoms with E-state index in [1.807, 2.05) is 0 Å². The average Bonchev–Trinajstić information content (AvgIpc) is 3.09. The maximum atomic E-state index is 13.1. The van der Waals surface area contributed by atoms with Crippen LogP contribution < -0.4 is 4.90 Å². The fourth-order valence-electron chi connectivity index (χ4n) is 3.78. The summed E-state index contributed by atoms with van der Waals surface area (Å²) in [5.74, 6) is 1.06. The minimum atomic E-state index is -2.67. The number of rotatable bonds is 4. The van der Waals surface area contributed by atoms with Crippen molar-refractivity contribution in [2.24, 2.45) is 10.3 Å². The summed E-state index contributed by atoms with van der Waals surface area (Å²) in [6.45, 7) is 3.53. The highest BCUT2D eigenvalue weighted by atomic mass is 32.2. The van der Waals surface area contributed by atoms with Crippen molar-refractivity contribution in [2.45, 2.75) is 25.8 Å². The van der Waals surface area contributed by atoms with Crippen LogP contribution in [0, 0.1) is 5.92 Å². The first-order chi connectivity index (χ1) is 14.2. The van der Waals surface area contributed by atoms with E-state index in [9.17, 15) is 13.0 Å². The third-order valence-corrected chi connectivity index (χ3v) is 5.69. The summed E-state index contributed by atoms with van der Waals surface area (Å²) in [7, 11) is -2.20. The molecule has 1 aliphatic heterocycles. The lowest BCUT2D eigenvalue weighted by atomic mass is 9.96. The lowest BCUT2D eigenvalue weighted by Crippen LogP contribution is -2.42. The maximum absolute atomic E-state index is 13.1. The molecule has 2 atom stereocenters. The van der Waals surface area contributed by atoms with Crippen LogP contribution in [-0.4, -0.2) is 60.4 Å². The maximum Gasteiger partial charge on any atom is 0.282 e. The van der Waals surface area contributed by atoms with E-state index in [4.69, 9.17) is 0 Å². The minimum absolute atomic E-state index is 0.0410. The average molecular weight is 436 g/mol. The van der Waals surface area contributed by atoms with Crippen LogP contribution in [0.3, 0.4) is 0 Å². The molecule has 1 fully saturated rings. The number of halogens is 2. The Morgan fingerprint density at radius 3 is 2.73 bits per heavy atom. The van der Waals surface area contributed by atoms with Gasteiger partial charge in [0.15, 0.2) is 5.65 Å². The molecule has 0 bridgehead atoms. The Hall–Kier alpha value is -2.69. The third kappa shape index (κ3) is 4.40. The topological polar surface area (TPSA) is 88.6 Å². The quantitative estimate of drug-likeness (QED) is 0.626. The van der Waals surface area contributed by atoms with Gasteiger partial charge < -0.3 is 4.90 Å². The molecule has 30 heavy (non-hydrogen) atoms. The monoisotopic (exact) mass is 435 g/mol. The smallest absolute Gasteiger partial charge is 0.282 e. The van der Waals surface area contributed by atoms with Crippen molar-refractivity contribution in [1.82, 2.24) is 24.6 Å². The predicted octanol–water partition coefficient (Wildman–Crippen LogP) is 3.07. The molecule has 3 aromatic rings. The standard InChI is InChI=1S/C19H23F2N7OS/c1-12-6-13(26-30(2,3)29)10-27(9-12)18-7-15(23-11-24-18)16-8-22-17-5-4-14(19(20)21)25-28(16)17/h4-5,7-8,11-13,19H,6,9-10H2,1-3H3/t12-,13?/m1/s1. The number of hydrogen-bond acceptors (Lipinski definition) is 7. The van der Waals surface area contributed by atoms with Gasteiger partial charge in [-0.15, -0.1) is 0 Å². The molecule has 0 N–H and O–H groups in total. The van der Waals surface area contributed by atoms with Gasteiger partial charge in [0, 0.05) is 41.4 Å². The van der Waals surface area contributed by atoms with Crippen LogP contribution in [0.1, 0.15) is 25.5 Å². The highest BCUT2D eigenvalue weighted by Crippen LogP contribution is 2.27. The molecule has 1 unspecified atom stereocenters. The SMILES string of the molecule is C[C@@H]1CC(N=S(C)(C)=O)CN(c2cc(-c3cnc4ccc(C(F)F)nn34)ncn2)C1. The summed E-state index contributed by atoms with van der Waals surface area (Å²) in [4.78, 5) is 15.0. The number of anilines is 1. The van der Waals surface area contributed by atoms with Crippen LogP contribution in [0.5, 0.6) is 0 Å². The van der Waals surface area contributed by atoms with Crippen molar-refractivity contribution in [1.29, 1.82) is 0 Å². The Morgan fingerprint density at radius 2 is 2.00 bits per heavy atom. The van der Waals surface area contributed by atoms with E-state index in [0.29, 0.717) is 35.3 Å². The van der Waals surface area contributed by atoms with Gasteiger partial charge in [-0.3, -0.25) is 4.21 Å². The predicted molar refractivity (Wildman–Crippen MR) is 111 cm³/mol. The lowest BCUT2D eigenvalue weighted by Gasteiger charge is -2.35. The first-order valence-electron chi connectivity index (χ1n) is 9.56. The van der Waals surface area contributed by atoms with E-state index < -0.39 is 16.2 Å².